The molecule has 0 heteroatoms. The lowest BCUT2D eigenvalue weighted by molar-refractivity contribution is 1.04. The van der Waals surface area contributed by atoms with Crippen molar-refractivity contribution in [2.45, 2.75) is 39.5 Å². The summed E-state index contributed by atoms with van der Waals surface area (Å²) in [6.07, 6.45) is 9.11. The summed E-state index contributed by atoms with van der Waals surface area (Å²) in [6, 6.07) is 35.3. The summed E-state index contributed by atoms with van der Waals surface area (Å²) in [5.74, 6) is 0. The van der Waals surface area contributed by atoms with Crippen LogP contribution in [0, 0.1) is 12.8 Å². The normalized spacial score (nSPS) is 14.4. The molecule has 0 unspecified atom stereocenters. The maximum Gasteiger partial charge on any atom is 0.0167 e. The summed E-state index contributed by atoms with van der Waals surface area (Å²) in [5.41, 5.74) is 17.0. The fraction of sp³-hybridized carbons (Fsp3) is 0.167. The number of allylic oxidation sites excluding steroid dienone is 4. The third-order valence-electron chi connectivity index (χ3n) is 7.79. The van der Waals surface area contributed by atoms with Gasteiger partial charge in [0.25, 0.3) is 0 Å². The molecule has 0 heterocycles. The third-order valence-corrected chi connectivity index (χ3v) is 7.79. The van der Waals surface area contributed by atoms with Crippen LogP contribution in [0.3, 0.4) is 0 Å². The van der Waals surface area contributed by atoms with Crippen molar-refractivity contribution in [3.8, 4) is 22.3 Å². The molecular formula is C36H32. The molecule has 4 aromatic rings. The largest absolute Gasteiger partial charge is 0.0622 e. The Bertz CT molecular complexity index is 1350. The van der Waals surface area contributed by atoms with Crippen molar-refractivity contribution >= 4 is 11.1 Å². The average Bonchev–Trinajstić information content (AvgIpc) is 3.50. The van der Waals surface area contributed by atoms with Crippen LogP contribution in [0.25, 0.3) is 33.4 Å². The Morgan fingerprint density at radius 3 is 1.25 bits per heavy atom. The summed E-state index contributed by atoms with van der Waals surface area (Å²) in [5, 5.41) is 0. The molecule has 2 aliphatic carbocycles. The molecule has 2 radical (unpaired) electrons. The minimum Gasteiger partial charge on any atom is -0.0622 e. The van der Waals surface area contributed by atoms with Gasteiger partial charge in [-0.05, 0) is 81.3 Å². The number of hydrogen-bond acceptors (Lipinski definition) is 0. The van der Waals surface area contributed by atoms with Gasteiger partial charge in [-0.15, -0.1) is 0 Å². The Hall–Kier alpha value is -3.64. The highest BCUT2D eigenvalue weighted by atomic mass is 14.3. The van der Waals surface area contributed by atoms with Crippen molar-refractivity contribution in [3.63, 3.8) is 0 Å². The van der Waals surface area contributed by atoms with Gasteiger partial charge in [-0.3, -0.25) is 0 Å². The van der Waals surface area contributed by atoms with E-state index in [1.807, 2.05) is 0 Å². The highest BCUT2D eigenvalue weighted by molar-refractivity contribution is 5.93. The molecule has 0 saturated carbocycles. The van der Waals surface area contributed by atoms with Crippen LogP contribution in [0.15, 0.2) is 108 Å². The molecule has 176 valence electrons. The van der Waals surface area contributed by atoms with Gasteiger partial charge in [0.15, 0.2) is 0 Å². The zero-order chi connectivity index (χ0) is 24.5. The number of rotatable bonds is 7. The first-order valence-corrected chi connectivity index (χ1v) is 13.3. The molecule has 0 atom stereocenters. The van der Waals surface area contributed by atoms with Gasteiger partial charge in [-0.2, -0.15) is 0 Å². The molecule has 2 aliphatic rings. The van der Waals surface area contributed by atoms with Gasteiger partial charge in [0.2, 0.25) is 0 Å². The van der Waals surface area contributed by atoms with Crippen molar-refractivity contribution in [2.75, 3.05) is 0 Å². The van der Waals surface area contributed by atoms with Gasteiger partial charge in [-0.1, -0.05) is 122 Å². The Morgan fingerprint density at radius 1 is 0.444 bits per heavy atom. The molecule has 0 bridgehead atoms. The second-order valence-electron chi connectivity index (χ2n) is 9.78. The highest BCUT2D eigenvalue weighted by Crippen LogP contribution is 2.48. The lowest BCUT2D eigenvalue weighted by Crippen LogP contribution is -1.95. The summed E-state index contributed by atoms with van der Waals surface area (Å²) in [4.78, 5) is 0. The number of benzene rings is 4. The molecule has 0 amide bonds. The Morgan fingerprint density at radius 2 is 0.861 bits per heavy atom. The van der Waals surface area contributed by atoms with E-state index >= 15 is 0 Å². The Kier molecular flexibility index (Phi) is 6.20. The predicted molar refractivity (Wildman–Crippen MR) is 154 cm³/mol. The zero-order valence-electron chi connectivity index (χ0n) is 21.2. The van der Waals surface area contributed by atoms with Crippen LogP contribution in [0.5, 0.6) is 0 Å². The van der Waals surface area contributed by atoms with Crippen LogP contribution in [0.2, 0.25) is 0 Å². The molecule has 0 spiro atoms. The molecule has 0 aromatic heterocycles. The molecular weight excluding hydrogens is 432 g/mol. The standard InChI is InChI=1S/C36H32/c1-3-25-23-29-17-11-19-31(27-13-7-5-8-14-27)35(29)33(25)21-22-34-26(4-2)24-30-18-12-20-32(36(30)34)28-15-9-6-10-16-28/h5-20,23-24H,3-4,21-22H2,1-2H3. The average molecular weight is 465 g/mol. The van der Waals surface area contributed by atoms with E-state index in [0.29, 0.717) is 0 Å². The van der Waals surface area contributed by atoms with Crippen LogP contribution in [-0.4, -0.2) is 0 Å². The second kappa shape index (κ2) is 9.78. The van der Waals surface area contributed by atoms with Crippen molar-refractivity contribution in [1.82, 2.24) is 0 Å². The van der Waals surface area contributed by atoms with Crippen molar-refractivity contribution in [1.29, 1.82) is 0 Å². The van der Waals surface area contributed by atoms with Gasteiger partial charge in [0.1, 0.15) is 0 Å². The lowest BCUT2D eigenvalue weighted by Gasteiger charge is -2.17. The molecule has 0 fully saturated rings. The SMILES string of the molecule is CCC1=C(CCC2=C(CC)[CH]c3cccc(-c4ccccc4)c32)c2c(cccc2-c2ccccc2)[CH]1. The fourth-order valence-corrected chi connectivity index (χ4v) is 6.09. The third kappa shape index (κ3) is 3.95. The predicted octanol–water partition coefficient (Wildman–Crippen LogP) is 9.96. The maximum atomic E-state index is 2.43. The van der Waals surface area contributed by atoms with Gasteiger partial charge >= 0.3 is 0 Å². The quantitative estimate of drug-likeness (QED) is 0.255. The molecule has 36 heavy (non-hydrogen) atoms. The van der Waals surface area contributed by atoms with Gasteiger partial charge in [-0.25, -0.2) is 0 Å². The van der Waals surface area contributed by atoms with Crippen LogP contribution in [-0.2, 0) is 0 Å². The van der Waals surface area contributed by atoms with E-state index in [2.05, 4.69) is 124 Å². The minimum atomic E-state index is 1.06. The topological polar surface area (TPSA) is 0 Å². The van der Waals surface area contributed by atoms with Crippen molar-refractivity contribution in [2.24, 2.45) is 0 Å². The van der Waals surface area contributed by atoms with Gasteiger partial charge in [0, 0.05) is 12.8 Å². The van der Waals surface area contributed by atoms with E-state index in [-0.39, 0.29) is 0 Å². The maximum absolute atomic E-state index is 2.43. The summed E-state index contributed by atoms with van der Waals surface area (Å²) in [7, 11) is 0. The van der Waals surface area contributed by atoms with Crippen LogP contribution >= 0.6 is 0 Å². The highest BCUT2D eigenvalue weighted by Gasteiger charge is 2.27. The molecule has 0 N–H and O–H groups in total. The second-order valence-corrected chi connectivity index (χ2v) is 9.78. The fourth-order valence-electron chi connectivity index (χ4n) is 6.09. The Labute approximate surface area is 216 Å². The molecule has 4 aromatic carbocycles. The van der Waals surface area contributed by atoms with E-state index in [0.717, 1.165) is 25.7 Å². The lowest BCUT2D eigenvalue weighted by atomic mass is 9.87. The van der Waals surface area contributed by atoms with E-state index in [1.54, 1.807) is 0 Å². The zero-order valence-corrected chi connectivity index (χ0v) is 21.2. The first-order chi connectivity index (χ1) is 17.8. The van der Waals surface area contributed by atoms with Crippen molar-refractivity contribution < 1.29 is 0 Å². The molecule has 0 saturated heterocycles. The van der Waals surface area contributed by atoms with Crippen LogP contribution in [0.1, 0.15) is 61.8 Å². The van der Waals surface area contributed by atoms with E-state index in [4.69, 9.17) is 0 Å². The van der Waals surface area contributed by atoms with E-state index < -0.39 is 0 Å². The van der Waals surface area contributed by atoms with Crippen LogP contribution in [0.4, 0.5) is 0 Å². The summed E-state index contributed by atoms with van der Waals surface area (Å²) in [6.45, 7) is 4.59. The minimum absolute atomic E-state index is 1.06. The Balaban J connectivity index is 1.40. The van der Waals surface area contributed by atoms with Gasteiger partial charge < -0.3 is 0 Å². The summed E-state index contributed by atoms with van der Waals surface area (Å²) < 4.78 is 0. The molecule has 0 nitrogen and oxygen atoms in total. The number of hydrogen-bond donors (Lipinski definition) is 0. The monoisotopic (exact) mass is 464 g/mol. The van der Waals surface area contributed by atoms with Crippen molar-refractivity contribution in [3.05, 3.63) is 143 Å². The molecule has 6 rings (SSSR count). The first kappa shape index (κ1) is 22.8. The van der Waals surface area contributed by atoms with E-state index in [1.165, 1.54) is 66.8 Å². The smallest absolute Gasteiger partial charge is 0.0167 e. The first-order valence-electron chi connectivity index (χ1n) is 13.3. The summed E-state index contributed by atoms with van der Waals surface area (Å²) >= 11 is 0. The number of fused-ring (bicyclic) bond motifs is 2. The van der Waals surface area contributed by atoms with Crippen LogP contribution < -0.4 is 0 Å². The van der Waals surface area contributed by atoms with E-state index in [9.17, 15) is 0 Å². The molecule has 0 aliphatic heterocycles. The van der Waals surface area contributed by atoms with Gasteiger partial charge in [0.05, 0.1) is 0 Å².